The topological polar surface area (TPSA) is 71.4 Å². The Kier molecular flexibility index (Phi) is 4.45. The van der Waals surface area contributed by atoms with Crippen molar-refractivity contribution in [2.75, 3.05) is 19.0 Å². The lowest BCUT2D eigenvalue weighted by Crippen LogP contribution is -2.13. The van der Waals surface area contributed by atoms with Gasteiger partial charge in [0.25, 0.3) is 0 Å². The van der Waals surface area contributed by atoms with Crippen LogP contribution in [0.2, 0.25) is 0 Å². The van der Waals surface area contributed by atoms with Crippen LogP contribution in [0.1, 0.15) is 12.5 Å². The maximum Gasteiger partial charge on any atom is 0.411 e. The third kappa shape index (κ3) is 3.44. The molecule has 0 aliphatic rings. The second-order valence-corrected chi connectivity index (χ2v) is 3.07. The highest BCUT2D eigenvalue weighted by Gasteiger charge is 2.10. The Morgan fingerprint density at radius 1 is 1.53 bits per heavy atom. The van der Waals surface area contributed by atoms with E-state index in [-0.39, 0.29) is 11.6 Å². The molecule has 17 heavy (non-hydrogen) atoms. The van der Waals surface area contributed by atoms with Crippen LogP contribution in [0.3, 0.4) is 0 Å². The van der Waals surface area contributed by atoms with Gasteiger partial charge in [0, 0.05) is 5.56 Å². The molecule has 1 rings (SSSR count). The number of anilines is 1. The fourth-order valence-corrected chi connectivity index (χ4v) is 1.15. The van der Waals surface area contributed by atoms with E-state index < -0.39 is 11.9 Å². The minimum atomic E-state index is -0.753. The molecule has 1 amide bonds. The lowest BCUT2D eigenvalue weighted by Gasteiger charge is -2.08. The molecular weight excluding hydrogens is 227 g/mol. The zero-order chi connectivity index (χ0) is 12.8. The highest BCUT2D eigenvalue weighted by molar-refractivity contribution is 5.92. The predicted molar refractivity (Wildman–Crippen MR) is 60.9 cm³/mol. The summed E-state index contributed by atoms with van der Waals surface area (Å²) in [5.41, 5.74) is 0.296. The van der Waals surface area contributed by atoms with Crippen LogP contribution in [0.25, 0.3) is 0 Å². The van der Waals surface area contributed by atoms with Crippen molar-refractivity contribution in [1.29, 1.82) is 5.41 Å². The van der Waals surface area contributed by atoms with Gasteiger partial charge in [0.15, 0.2) is 0 Å². The van der Waals surface area contributed by atoms with E-state index in [0.717, 1.165) is 6.07 Å². The molecular formula is C11H13FN2O3. The molecule has 0 bridgehead atoms. The van der Waals surface area contributed by atoms with E-state index in [4.69, 9.17) is 10.1 Å². The summed E-state index contributed by atoms with van der Waals surface area (Å²) in [6, 6.07) is 3.94. The molecule has 1 aromatic carbocycles. The number of halogens is 1. The van der Waals surface area contributed by atoms with Gasteiger partial charge < -0.3 is 9.47 Å². The Morgan fingerprint density at radius 3 is 2.76 bits per heavy atom. The average molecular weight is 240 g/mol. The van der Waals surface area contributed by atoms with Crippen LogP contribution in [0, 0.1) is 11.2 Å². The Morgan fingerprint density at radius 2 is 2.24 bits per heavy atom. The number of rotatable bonds is 3. The molecule has 0 aliphatic carbocycles. The number of benzene rings is 1. The summed E-state index contributed by atoms with van der Waals surface area (Å²) in [6.07, 6.45) is -0.753. The van der Waals surface area contributed by atoms with Gasteiger partial charge in [-0.15, -0.1) is 0 Å². The molecule has 6 heteroatoms. The average Bonchev–Trinajstić information content (AvgIpc) is 2.31. The van der Waals surface area contributed by atoms with Gasteiger partial charge in [-0.2, -0.15) is 0 Å². The predicted octanol–water partition coefficient (Wildman–Crippen LogP) is 2.37. The number of nitrogens with one attached hydrogen (secondary N) is 2. The molecule has 1 aromatic rings. The van der Waals surface area contributed by atoms with Crippen LogP contribution in [-0.4, -0.2) is 25.7 Å². The van der Waals surface area contributed by atoms with Crippen molar-refractivity contribution in [2.45, 2.75) is 6.92 Å². The van der Waals surface area contributed by atoms with Crippen LogP contribution >= 0.6 is 0 Å². The zero-order valence-corrected chi connectivity index (χ0v) is 9.54. The SMILES string of the molecule is CCOC(=N)c1ccc(NC(=O)OC)c(F)c1. The lowest BCUT2D eigenvalue weighted by molar-refractivity contribution is 0.187. The van der Waals surface area contributed by atoms with Crippen LogP contribution < -0.4 is 5.32 Å². The second-order valence-electron chi connectivity index (χ2n) is 3.07. The van der Waals surface area contributed by atoms with E-state index in [1.165, 1.54) is 19.2 Å². The summed E-state index contributed by atoms with van der Waals surface area (Å²) in [7, 11) is 1.19. The van der Waals surface area contributed by atoms with Crippen molar-refractivity contribution in [3.63, 3.8) is 0 Å². The van der Waals surface area contributed by atoms with Gasteiger partial charge in [0.1, 0.15) is 5.82 Å². The molecule has 0 unspecified atom stereocenters. The van der Waals surface area contributed by atoms with Gasteiger partial charge in [-0.3, -0.25) is 10.7 Å². The van der Waals surface area contributed by atoms with Crippen molar-refractivity contribution < 1.29 is 18.7 Å². The molecule has 0 radical (unpaired) electrons. The van der Waals surface area contributed by atoms with Gasteiger partial charge in [-0.25, -0.2) is 9.18 Å². The van der Waals surface area contributed by atoms with E-state index in [9.17, 15) is 9.18 Å². The number of hydrogen-bond acceptors (Lipinski definition) is 4. The molecule has 5 nitrogen and oxygen atoms in total. The fourth-order valence-electron chi connectivity index (χ4n) is 1.15. The van der Waals surface area contributed by atoms with Crippen molar-refractivity contribution in [3.05, 3.63) is 29.6 Å². The van der Waals surface area contributed by atoms with Crippen LogP contribution in [0.5, 0.6) is 0 Å². The molecule has 0 spiro atoms. The van der Waals surface area contributed by atoms with E-state index in [2.05, 4.69) is 10.1 Å². The normalized spacial score (nSPS) is 9.59. The van der Waals surface area contributed by atoms with E-state index >= 15 is 0 Å². The number of carbonyl (C=O) groups excluding carboxylic acids is 1. The quantitative estimate of drug-likeness (QED) is 0.629. The highest BCUT2D eigenvalue weighted by atomic mass is 19.1. The van der Waals surface area contributed by atoms with Gasteiger partial charge in [-0.05, 0) is 25.1 Å². The second kappa shape index (κ2) is 5.83. The maximum atomic E-state index is 13.5. The number of carbonyl (C=O) groups is 1. The number of hydrogen-bond donors (Lipinski definition) is 2. The Hall–Kier alpha value is -2.11. The van der Waals surface area contributed by atoms with Crippen molar-refractivity contribution in [1.82, 2.24) is 0 Å². The summed E-state index contributed by atoms with van der Waals surface area (Å²) >= 11 is 0. The summed E-state index contributed by atoms with van der Waals surface area (Å²) in [5.74, 6) is -0.770. The Labute approximate surface area is 98.0 Å². The Bertz CT molecular complexity index is 435. The first kappa shape index (κ1) is 13.0. The molecule has 0 fully saturated rings. The summed E-state index contributed by atoms with van der Waals surface area (Å²) in [5, 5.41) is 9.68. The van der Waals surface area contributed by atoms with Crippen molar-refractivity contribution in [3.8, 4) is 0 Å². The molecule has 0 saturated heterocycles. The largest absolute Gasteiger partial charge is 0.478 e. The first-order valence-electron chi connectivity index (χ1n) is 4.94. The van der Waals surface area contributed by atoms with Gasteiger partial charge in [0.05, 0.1) is 19.4 Å². The lowest BCUT2D eigenvalue weighted by atomic mass is 10.2. The van der Waals surface area contributed by atoms with Crippen LogP contribution in [0.15, 0.2) is 18.2 Å². The Balaban J connectivity index is 2.86. The summed E-state index contributed by atoms with van der Waals surface area (Å²) in [4.78, 5) is 10.9. The number of amides is 1. The van der Waals surface area contributed by atoms with E-state index in [1.807, 2.05) is 0 Å². The highest BCUT2D eigenvalue weighted by Crippen LogP contribution is 2.16. The first-order chi connectivity index (χ1) is 8.08. The van der Waals surface area contributed by atoms with Crippen molar-refractivity contribution in [2.24, 2.45) is 0 Å². The zero-order valence-electron chi connectivity index (χ0n) is 9.54. The molecule has 0 aromatic heterocycles. The van der Waals surface area contributed by atoms with E-state index in [1.54, 1.807) is 6.92 Å². The smallest absolute Gasteiger partial charge is 0.411 e. The number of ether oxygens (including phenoxy) is 2. The van der Waals surface area contributed by atoms with Gasteiger partial charge in [-0.1, -0.05) is 0 Å². The number of methoxy groups -OCH3 is 1. The molecule has 0 atom stereocenters. The van der Waals surface area contributed by atoms with E-state index in [0.29, 0.717) is 12.2 Å². The molecule has 2 N–H and O–H groups in total. The third-order valence-corrected chi connectivity index (χ3v) is 1.94. The molecule has 0 saturated carbocycles. The minimum absolute atomic E-state index is 0.00935. The third-order valence-electron chi connectivity index (χ3n) is 1.94. The molecule has 92 valence electrons. The first-order valence-corrected chi connectivity index (χ1v) is 4.94. The molecule has 0 heterocycles. The fraction of sp³-hybridized carbons (Fsp3) is 0.273. The summed E-state index contributed by atoms with van der Waals surface area (Å²) in [6.45, 7) is 2.07. The van der Waals surface area contributed by atoms with Gasteiger partial charge in [0.2, 0.25) is 5.90 Å². The monoisotopic (exact) mass is 240 g/mol. The minimum Gasteiger partial charge on any atom is -0.478 e. The molecule has 0 aliphatic heterocycles. The summed E-state index contributed by atoms with van der Waals surface area (Å²) < 4.78 is 22.8. The maximum absolute atomic E-state index is 13.5. The van der Waals surface area contributed by atoms with Gasteiger partial charge >= 0.3 is 6.09 Å². The van der Waals surface area contributed by atoms with Crippen LogP contribution in [-0.2, 0) is 9.47 Å². The van der Waals surface area contributed by atoms with Crippen molar-refractivity contribution >= 4 is 17.7 Å². The standard InChI is InChI=1S/C11H13FN2O3/c1-3-17-10(13)7-4-5-9(8(12)6-7)14-11(15)16-2/h4-6,13H,3H2,1-2H3,(H,14,15). The van der Waals surface area contributed by atoms with Crippen LogP contribution in [0.4, 0.5) is 14.9 Å².